The molecule has 0 aromatic heterocycles. The van der Waals surface area contributed by atoms with Gasteiger partial charge in [0.1, 0.15) is 5.92 Å². The molecule has 0 bridgehead atoms. The fourth-order valence-corrected chi connectivity index (χ4v) is 2.01. The molecule has 2 N–H and O–H groups in total. The molecule has 1 heterocycles. The van der Waals surface area contributed by atoms with E-state index in [1.54, 1.807) is 0 Å². The highest BCUT2D eigenvalue weighted by atomic mass is 16.2. The summed E-state index contributed by atoms with van der Waals surface area (Å²) in [7, 11) is 0. The normalized spacial score (nSPS) is 19.0. The maximum atomic E-state index is 11.9. The number of rotatable bonds is 5. The van der Waals surface area contributed by atoms with Gasteiger partial charge in [0.25, 0.3) is 0 Å². The number of carbonyl (C=O) groups excluding carboxylic acids is 3. The van der Waals surface area contributed by atoms with Gasteiger partial charge in [-0.3, -0.25) is 19.4 Å². The van der Waals surface area contributed by atoms with Crippen LogP contribution >= 0.6 is 0 Å². The molecular formula is C14H15N3O3. The largest absolute Gasteiger partial charge is 0.368 e. The number of aliphatic imine (C=N–C) groups is 1. The Balaban J connectivity index is 1.97. The number of nitrogens with zero attached hydrogens (tertiary/aromatic N) is 2. The van der Waals surface area contributed by atoms with Gasteiger partial charge in [-0.1, -0.05) is 30.3 Å². The molecule has 1 aromatic rings. The number of likely N-dealkylation sites (tertiary alicyclic amines) is 1. The van der Waals surface area contributed by atoms with Crippen molar-refractivity contribution in [3.05, 3.63) is 35.9 Å². The zero-order valence-corrected chi connectivity index (χ0v) is 10.9. The standard InChI is InChI=1S/C14H15N3O3/c15-13(19)9-17-8-12(18)11(14(17)20)7-16-6-10-4-2-1-3-5-10/h1-5,7,11H,6,8-9H2,(H2,15,19). The van der Waals surface area contributed by atoms with E-state index >= 15 is 0 Å². The Hall–Kier alpha value is -2.50. The van der Waals surface area contributed by atoms with Gasteiger partial charge in [0.05, 0.1) is 19.6 Å². The Morgan fingerprint density at radius 2 is 2.05 bits per heavy atom. The smallest absolute Gasteiger partial charge is 0.239 e. The molecule has 2 rings (SSSR count). The van der Waals surface area contributed by atoms with Crippen molar-refractivity contribution >= 4 is 23.8 Å². The minimum atomic E-state index is -0.891. The second kappa shape index (κ2) is 6.10. The van der Waals surface area contributed by atoms with Crippen LogP contribution in [0.25, 0.3) is 0 Å². The Kier molecular flexibility index (Phi) is 4.24. The van der Waals surface area contributed by atoms with Crippen LogP contribution in [0.15, 0.2) is 35.3 Å². The number of Topliss-reactive ketones (excluding diaryl/α,β-unsaturated/α-hetero) is 1. The summed E-state index contributed by atoms with van der Waals surface area (Å²) in [6, 6.07) is 9.51. The van der Waals surface area contributed by atoms with Crippen molar-refractivity contribution in [2.75, 3.05) is 13.1 Å². The molecule has 1 aliphatic rings. The Bertz CT molecular complexity index is 554. The van der Waals surface area contributed by atoms with Gasteiger partial charge in [-0.15, -0.1) is 0 Å². The van der Waals surface area contributed by atoms with Crippen LogP contribution in [0.5, 0.6) is 0 Å². The average molecular weight is 273 g/mol. The summed E-state index contributed by atoms with van der Waals surface area (Å²) < 4.78 is 0. The average Bonchev–Trinajstić information content (AvgIpc) is 2.67. The highest BCUT2D eigenvalue weighted by Crippen LogP contribution is 2.13. The molecular weight excluding hydrogens is 258 g/mol. The van der Waals surface area contributed by atoms with Crippen molar-refractivity contribution in [2.24, 2.45) is 16.6 Å². The zero-order valence-electron chi connectivity index (χ0n) is 10.9. The number of amides is 2. The lowest BCUT2D eigenvalue weighted by molar-refractivity contribution is -0.133. The van der Waals surface area contributed by atoms with E-state index < -0.39 is 17.7 Å². The molecule has 1 aromatic carbocycles. The summed E-state index contributed by atoms with van der Waals surface area (Å²) in [4.78, 5) is 39.7. The molecule has 0 aliphatic carbocycles. The van der Waals surface area contributed by atoms with Gasteiger partial charge in [0.2, 0.25) is 11.8 Å². The van der Waals surface area contributed by atoms with Crippen LogP contribution in [-0.2, 0) is 20.9 Å². The summed E-state index contributed by atoms with van der Waals surface area (Å²) in [5, 5.41) is 0. The van der Waals surface area contributed by atoms with Crippen LogP contribution in [0.3, 0.4) is 0 Å². The number of nitrogens with two attached hydrogens (primary N) is 1. The molecule has 1 saturated heterocycles. The number of carbonyl (C=O) groups is 3. The number of hydrogen-bond donors (Lipinski definition) is 1. The molecule has 2 amide bonds. The molecule has 0 radical (unpaired) electrons. The molecule has 20 heavy (non-hydrogen) atoms. The van der Waals surface area contributed by atoms with Gasteiger partial charge >= 0.3 is 0 Å². The molecule has 6 nitrogen and oxygen atoms in total. The molecule has 0 saturated carbocycles. The molecule has 1 fully saturated rings. The maximum Gasteiger partial charge on any atom is 0.239 e. The lowest BCUT2D eigenvalue weighted by Gasteiger charge is -2.11. The first-order chi connectivity index (χ1) is 9.58. The van der Waals surface area contributed by atoms with E-state index in [4.69, 9.17) is 5.73 Å². The van der Waals surface area contributed by atoms with Gasteiger partial charge in [0.15, 0.2) is 5.78 Å². The van der Waals surface area contributed by atoms with Crippen molar-refractivity contribution in [3.63, 3.8) is 0 Å². The van der Waals surface area contributed by atoms with E-state index in [0.29, 0.717) is 6.54 Å². The van der Waals surface area contributed by atoms with Gasteiger partial charge in [-0.25, -0.2) is 0 Å². The summed E-state index contributed by atoms with van der Waals surface area (Å²) in [5.41, 5.74) is 6.02. The monoisotopic (exact) mass is 273 g/mol. The molecule has 1 unspecified atom stereocenters. The van der Waals surface area contributed by atoms with Gasteiger partial charge in [0, 0.05) is 6.21 Å². The van der Waals surface area contributed by atoms with Crippen molar-refractivity contribution in [2.45, 2.75) is 6.54 Å². The predicted octanol–water partition coefficient (Wildman–Crippen LogP) is -0.230. The first-order valence-electron chi connectivity index (χ1n) is 6.21. The molecule has 104 valence electrons. The highest BCUT2D eigenvalue weighted by molar-refractivity contribution is 6.19. The summed E-state index contributed by atoms with van der Waals surface area (Å²) in [5.74, 6) is -2.19. The van der Waals surface area contributed by atoms with E-state index in [-0.39, 0.29) is 18.9 Å². The third-order valence-corrected chi connectivity index (χ3v) is 2.99. The quantitative estimate of drug-likeness (QED) is 0.593. The Morgan fingerprint density at radius 3 is 2.70 bits per heavy atom. The minimum absolute atomic E-state index is 0.0796. The van der Waals surface area contributed by atoms with Crippen LogP contribution in [0.1, 0.15) is 5.56 Å². The van der Waals surface area contributed by atoms with Gasteiger partial charge in [-0.05, 0) is 5.56 Å². The number of ketones is 1. The van der Waals surface area contributed by atoms with Crippen LogP contribution in [-0.4, -0.2) is 41.8 Å². The van der Waals surface area contributed by atoms with Crippen LogP contribution in [0.4, 0.5) is 0 Å². The lowest BCUT2D eigenvalue weighted by Crippen LogP contribution is -2.36. The Morgan fingerprint density at radius 1 is 1.35 bits per heavy atom. The molecule has 1 atom stereocenters. The Labute approximate surface area is 116 Å². The van der Waals surface area contributed by atoms with E-state index in [9.17, 15) is 14.4 Å². The minimum Gasteiger partial charge on any atom is -0.368 e. The van der Waals surface area contributed by atoms with E-state index in [2.05, 4.69) is 4.99 Å². The number of hydrogen-bond acceptors (Lipinski definition) is 4. The SMILES string of the molecule is NC(=O)CN1CC(=O)C(C=NCc2ccccc2)C1=O. The third-order valence-electron chi connectivity index (χ3n) is 2.99. The number of benzene rings is 1. The van der Waals surface area contributed by atoms with E-state index in [1.807, 2.05) is 30.3 Å². The predicted molar refractivity (Wildman–Crippen MR) is 72.9 cm³/mol. The molecule has 0 spiro atoms. The second-order valence-corrected chi connectivity index (χ2v) is 4.58. The molecule has 6 heteroatoms. The van der Waals surface area contributed by atoms with Crippen molar-refractivity contribution in [3.8, 4) is 0 Å². The lowest BCUT2D eigenvalue weighted by atomic mass is 10.1. The van der Waals surface area contributed by atoms with Gasteiger partial charge in [-0.2, -0.15) is 0 Å². The van der Waals surface area contributed by atoms with E-state index in [1.165, 1.54) is 6.21 Å². The van der Waals surface area contributed by atoms with Crippen LogP contribution in [0.2, 0.25) is 0 Å². The zero-order chi connectivity index (χ0) is 14.5. The first-order valence-corrected chi connectivity index (χ1v) is 6.21. The highest BCUT2D eigenvalue weighted by Gasteiger charge is 2.38. The fraction of sp³-hybridized carbons (Fsp3) is 0.286. The van der Waals surface area contributed by atoms with Gasteiger partial charge < -0.3 is 10.6 Å². The topological polar surface area (TPSA) is 92.8 Å². The summed E-state index contributed by atoms with van der Waals surface area (Å²) >= 11 is 0. The third kappa shape index (κ3) is 3.28. The number of primary amides is 1. The van der Waals surface area contributed by atoms with Crippen molar-refractivity contribution in [1.82, 2.24) is 4.90 Å². The second-order valence-electron chi connectivity index (χ2n) is 4.58. The van der Waals surface area contributed by atoms with Crippen molar-refractivity contribution in [1.29, 1.82) is 0 Å². The maximum absolute atomic E-state index is 11.9. The van der Waals surface area contributed by atoms with Crippen LogP contribution < -0.4 is 5.73 Å². The molecule has 1 aliphatic heterocycles. The summed E-state index contributed by atoms with van der Waals surface area (Å²) in [6.45, 7) is 0.102. The van der Waals surface area contributed by atoms with Crippen LogP contribution in [0, 0.1) is 5.92 Å². The van der Waals surface area contributed by atoms with Crippen molar-refractivity contribution < 1.29 is 14.4 Å². The fourth-order valence-electron chi connectivity index (χ4n) is 2.01. The first kappa shape index (κ1) is 13.9. The van der Waals surface area contributed by atoms with E-state index in [0.717, 1.165) is 10.5 Å². The summed E-state index contributed by atoms with van der Waals surface area (Å²) in [6.07, 6.45) is 1.36.